The van der Waals surface area contributed by atoms with Gasteiger partial charge in [-0.1, -0.05) is 32.1 Å². The summed E-state index contributed by atoms with van der Waals surface area (Å²) < 4.78 is 10.5. The predicted octanol–water partition coefficient (Wildman–Crippen LogP) is 1.85. The molecule has 0 spiro atoms. The lowest BCUT2D eigenvalue weighted by atomic mass is 10.1. The van der Waals surface area contributed by atoms with Gasteiger partial charge in [0, 0.05) is 6.16 Å². The van der Waals surface area contributed by atoms with Crippen molar-refractivity contribution in [1.82, 2.24) is 0 Å². The first-order valence-corrected chi connectivity index (χ1v) is 7.10. The largest absolute Gasteiger partial charge is 0.330 e. The van der Waals surface area contributed by atoms with Crippen LogP contribution in [-0.4, -0.2) is 22.5 Å². The third-order valence-electron chi connectivity index (χ3n) is 2.15. The van der Waals surface area contributed by atoms with Crippen LogP contribution in [0.25, 0.3) is 0 Å². The molecule has 0 aromatic heterocycles. The predicted molar refractivity (Wildman–Crippen MR) is 58.3 cm³/mol. The zero-order chi connectivity index (χ0) is 10.9. The molecule has 4 N–H and O–H groups in total. The Hall–Kier alpha value is 0.110. The van der Waals surface area contributed by atoms with Crippen molar-refractivity contribution in [2.24, 2.45) is 5.73 Å². The summed E-state index contributed by atoms with van der Waals surface area (Å²) >= 11 is 0. The van der Waals surface area contributed by atoms with Crippen LogP contribution in [0.4, 0.5) is 0 Å². The summed E-state index contributed by atoms with van der Waals surface area (Å²) in [6.45, 7) is 0.762. The summed E-state index contributed by atoms with van der Waals surface area (Å²) in [7, 11) is -3.75. The molecule has 0 saturated carbocycles. The first kappa shape index (κ1) is 14.1. The highest BCUT2D eigenvalue weighted by atomic mass is 31.2. The minimum Gasteiger partial charge on any atom is -0.330 e. The Balaban J connectivity index is 3.03. The first-order valence-electron chi connectivity index (χ1n) is 5.31. The molecule has 5 heteroatoms. The Labute approximate surface area is 86.1 Å². The fourth-order valence-corrected chi connectivity index (χ4v) is 1.98. The molecular formula is C9H22NO3P. The summed E-state index contributed by atoms with van der Waals surface area (Å²) in [5.74, 6) is 0. The molecule has 0 aliphatic carbocycles. The molecule has 0 amide bonds. The second-order valence-electron chi connectivity index (χ2n) is 3.65. The van der Waals surface area contributed by atoms with Crippen molar-refractivity contribution in [3.8, 4) is 0 Å². The molecule has 0 atom stereocenters. The number of hydrogen-bond donors (Lipinski definition) is 3. The van der Waals surface area contributed by atoms with Gasteiger partial charge in [-0.15, -0.1) is 0 Å². The van der Waals surface area contributed by atoms with E-state index >= 15 is 0 Å². The standard InChI is InChI=1S/C9H22NO3P/c10-8-6-4-2-1-3-5-7-9-14(11,12)13/h1-10H2,(H2,11,12,13). The average Bonchev–Trinajstić information content (AvgIpc) is 2.08. The van der Waals surface area contributed by atoms with E-state index in [-0.39, 0.29) is 6.16 Å². The van der Waals surface area contributed by atoms with Crippen LogP contribution < -0.4 is 5.73 Å². The first-order chi connectivity index (χ1) is 6.56. The molecule has 0 aliphatic rings. The molecule has 0 unspecified atom stereocenters. The number of unbranched alkanes of at least 4 members (excludes halogenated alkanes) is 6. The Morgan fingerprint density at radius 3 is 1.71 bits per heavy atom. The van der Waals surface area contributed by atoms with Crippen molar-refractivity contribution >= 4 is 7.60 Å². The van der Waals surface area contributed by atoms with Crippen molar-refractivity contribution in [1.29, 1.82) is 0 Å². The molecule has 0 aromatic rings. The Kier molecular flexibility index (Phi) is 8.49. The van der Waals surface area contributed by atoms with E-state index in [2.05, 4.69) is 0 Å². The highest BCUT2D eigenvalue weighted by Gasteiger charge is 2.10. The van der Waals surface area contributed by atoms with Gasteiger partial charge < -0.3 is 15.5 Å². The van der Waals surface area contributed by atoms with Gasteiger partial charge in [0.25, 0.3) is 0 Å². The van der Waals surface area contributed by atoms with Gasteiger partial charge in [0.15, 0.2) is 0 Å². The van der Waals surface area contributed by atoms with Gasteiger partial charge in [-0.3, -0.25) is 4.57 Å². The van der Waals surface area contributed by atoms with Crippen LogP contribution in [0.2, 0.25) is 0 Å². The van der Waals surface area contributed by atoms with Crippen molar-refractivity contribution < 1.29 is 14.4 Å². The fourth-order valence-electron chi connectivity index (χ4n) is 1.35. The minimum absolute atomic E-state index is 0.0375. The zero-order valence-electron chi connectivity index (χ0n) is 8.69. The maximum absolute atomic E-state index is 10.5. The Bertz CT molecular complexity index is 169. The molecule has 0 bridgehead atoms. The summed E-state index contributed by atoms with van der Waals surface area (Å²) in [6, 6.07) is 0. The van der Waals surface area contributed by atoms with Gasteiger partial charge in [-0.2, -0.15) is 0 Å². The van der Waals surface area contributed by atoms with Gasteiger partial charge in [-0.25, -0.2) is 0 Å². The van der Waals surface area contributed by atoms with E-state index in [0.717, 1.165) is 32.2 Å². The topological polar surface area (TPSA) is 83.6 Å². The second-order valence-corrected chi connectivity index (χ2v) is 5.43. The van der Waals surface area contributed by atoms with E-state index in [1.165, 1.54) is 12.8 Å². The smallest absolute Gasteiger partial charge is 0.325 e. The van der Waals surface area contributed by atoms with Crippen molar-refractivity contribution in [2.75, 3.05) is 12.7 Å². The lowest BCUT2D eigenvalue weighted by molar-refractivity contribution is 0.370. The minimum atomic E-state index is -3.75. The average molecular weight is 223 g/mol. The van der Waals surface area contributed by atoms with Gasteiger partial charge in [0.2, 0.25) is 0 Å². The maximum Gasteiger partial charge on any atom is 0.325 e. The molecule has 14 heavy (non-hydrogen) atoms. The highest BCUT2D eigenvalue weighted by Crippen LogP contribution is 2.35. The summed E-state index contributed by atoms with van der Waals surface area (Å²) in [6.07, 6.45) is 7.28. The van der Waals surface area contributed by atoms with Crippen LogP contribution in [0.3, 0.4) is 0 Å². The van der Waals surface area contributed by atoms with Crippen LogP contribution in [0.1, 0.15) is 44.9 Å². The molecule has 0 fully saturated rings. The lowest BCUT2D eigenvalue weighted by Crippen LogP contribution is -1.97. The van der Waals surface area contributed by atoms with Gasteiger partial charge in [-0.05, 0) is 19.4 Å². The van der Waals surface area contributed by atoms with E-state index in [9.17, 15) is 4.57 Å². The molecule has 4 nitrogen and oxygen atoms in total. The monoisotopic (exact) mass is 223 g/mol. The maximum atomic E-state index is 10.5. The molecule has 0 aliphatic heterocycles. The van der Waals surface area contributed by atoms with E-state index in [4.69, 9.17) is 15.5 Å². The molecule has 0 saturated heterocycles. The van der Waals surface area contributed by atoms with Crippen LogP contribution in [0.15, 0.2) is 0 Å². The van der Waals surface area contributed by atoms with Gasteiger partial charge in [0.1, 0.15) is 0 Å². The van der Waals surface area contributed by atoms with Crippen molar-refractivity contribution in [3.63, 3.8) is 0 Å². The molecule has 0 rings (SSSR count). The molecule has 0 aromatic carbocycles. The quantitative estimate of drug-likeness (QED) is 0.411. The summed E-state index contributed by atoms with van der Waals surface area (Å²) in [4.78, 5) is 17.2. The number of hydrogen-bond acceptors (Lipinski definition) is 2. The number of nitrogens with two attached hydrogens (primary N) is 1. The Morgan fingerprint density at radius 1 is 0.857 bits per heavy atom. The summed E-state index contributed by atoms with van der Waals surface area (Å²) in [5.41, 5.74) is 5.35. The van der Waals surface area contributed by atoms with Crippen LogP contribution in [0.5, 0.6) is 0 Å². The van der Waals surface area contributed by atoms with E-state index in [0.29, 0.717) is 6.42 Å². The summed E-state index contributed by atoms with van der Waals surface area (Å²) in [5, 5.41) is 0. The highest BCUT2D eigenvalue weighted by molar-refractivity contribution is 7.51. The second kappa shape index (κ2) is 8.42. The fraction of sp³-hybridized carbons (Fsp3) is 1.00. The van der Waals surface area contributed by atoms with Crippen LogP contribution in [0, 0.1) is 0 Å². The normalized spacial score (nSPS) is 11.9. The molecular weight excluding hydrogens is 201 g/mol. The molecule has 86 valence electrons. The van der Waals surface area contributed by atoms with Gasteiger partial charge >= 0.3 is 7.60 Å². The van der Waals surface area contributed by atoms with Crippen molar-refractivity contribution in [3.05, 3.63) is 0 Å². The van der Waals surface area contributed by atoms with Crippen LogP contribution >= 0.6 is 7.60 Å². The SMILES string of the molecule is NCCCCCCCCCP(=O)(O)O. The van der Waals surface area contributed by atoms with Gasteiger partial charge in [0.05, 0.1) is 0 Å². The lowest BCUT2D eigenvalue weighted by Gasteiger charge is -2.03. The number of rotatable bonds is 9. The van der Waals surface area contributed by atoms with E-state index in [1.807, 2.05) is 0 Å². The molecule has 0 radical (unpaired) electrons. The van der Waals surface area contributed by atoms with E-state index < -0.39 is 7.60 Å². The Morgan fingerprint density at radius 2 is 1.29 bits per heavy atom. The zero-order valence-corrected chi connectivity index (χ0v) is 9.59. The third-order valence-corrected chi connectivity index (χ3v) is 3.05. The third kappa shape index (κ3) is 12.1. The van der Waals surface area contributed by atoms with Crippen molar-refractivity contribution in [2.45, 2.75) is 44.9 Å². The van der Waals surface area contributed by atoms with Crippen LogP contribution in [-0.2, 0) is 4.57 Å². The molecule has 0 heterocycles. The van der Waals surface area contributed by atoms with E-state index in [1.54, 1.807) is 0 Å².